The number of nitro benzene ring substituents is 1. The lowest BCUT2D eigenvalue weighted by atomic mass is 9.89. The van der Waals surface area contributed by atoms with Gasteiger partial charge in [0.1, 0.15) is 0 Å². The van der Waals surface area contributed by atoms with E-state index in [1.807, 2.05) is 60.7 Å². The van der Waals surface area contributed by atoms with Crippen molar-refractivity contribution in [2.75, 3.05) is 0 Å². The first-order chi connectivity index (χ1) is 15.9. The van der Waals surface area contributed by atoms with E-state index in [0.717, 1.165) is 11.1 Å². The number of amides is 1. The number of hydrogen-bond acceptors (Lipinski definition) is 5. The van der Waals surface area contributed by atoms with Crippen LogP contribution >= 0.6 is 0 Å². The van der Waals surface area contributed by atoms with Crippen molar-refractivity contribution in [1.29, 1.82) is 0 Å². The number of carbonyl (C=O) groups is 2. The van der Waals surface area contributed by atoms with Crippen LogP contribution in [-0.4, -0.2) is 22.9 Å². The summed E-state index contributed by atoms with van der Waals surface area (Å²) in [4.78, 5) is 37.2. The molecule has 0 bridgehead atoms. The third-order valence-corrected chi connectivity index (χ3v) is 5.09. The molecule has 0 spiro atoms. The van der Waals surface area contributed by atoms with Crippen LogP contribution in [0.3, 0.4) is 0 Å². The molecule has 0 aliphatic carbocycles. The third kappa shape index (κ3) is 6.26. The number of esters is 1. The predicted molar refractivity (Wildman–Crippen MR) is 125 cm³/mol. The fraction of sp³-hybridized carbons (Fsp3) is 0.231. The third-order valence-electron chi connectivity index (χ3n) is 5.09. The van der Waals surface area contributed by atoms with Gasteiger partial charge in [-0.2, -0.15) is 0 Å². The second-order valence-electron chi connectivity index (χ2n) is 7.87. The highest BCUT2D eigenvalue weighted by molar-refractivity contribution is 5.88. The van der Waals surface area contributed by atoms with Gasteiger partial charge in [0.2, 0.25) is 5.91 Å². The summed E-state index contributed by atoms with van der Waals surface area (Å²) in [6, 6.07) is 23.7. The van der Waals surface area contributed by atoms with E-state index in [1.54, 1.807) is 32.0 Å². The summed E-state index contributed by atoms with van der Waals surface area (Å²) in [6.07, 6.45) is -0.577. The Kier molecular flexibility index (Phi) is 7.91. The van der Waals surface area contributed by atoms with E-state index in [2.05, 4.69) is 5.32 Å². The Morgan fingerprint density at radius 1 is 0.879 bits per heavy atom. The minimum atomic E-state index is -0.930. The lowest BCUT2D eigenvalue weighted by Gasteiger charge is -2.23. The fourth-order valence-corrected chi connectivity index (χ4v) is 3.71. The van der Waals surface area contributed by atoms with Gasteiger partial charge in [-0.1, -0.05) is 78.9 Å². The van der Waals surface area contributed by atoms with Gasteiger partial charge in [0.15, 0.2) is 0 Å². The van der Waals surface area contributed by atoms with Crippen LogP contribution in [-0.2, 0) is 14.3 Å². The lowest BCUT2D eigenvalue weighted by molar-refractivity contribution is -0.385. The van der Waals surface area contributed by atoms with Crippen molar-refractivity contribution in [2.45, 2.75) is 38.3 Å². The molecular weight excluding hydrogens is 420 g/mol. The van der Waals surface area contributed by atoms with Gasteiger partial charge in [0, 0.05) is 6.07 Å². The Labute approximate surface area is 192 Å². The van der Waals surface area contributed by atoms with E-state index in [-0.39, 0.29) is 29.7 Å². The Hall–Kier alpha value is -4.00. The molecule has 3 aromatic rings. The zero-order chi connectivity index (χ0) is 23.8. The summed E-state index contributed by atoms with van der Waals surface area (Å²) in [6.45, 7) is 3.44. The number of nitrogens with one attached hydrogen (secondary N) is 1. The van der Waals surface area contributed by atoms with Gasteiger partial charge in [-0.15, -0.1) is 0 Å². The molecule has 3 aromatic carbocycles. The molecule has 1 amide bonds. The standard InChI is InChI=1S/C26H26N2O5/c1-18(2)33-24(29)17-22(21-15-9-10-16-23(21)28(31)32)27-26(30)25(19-11-5-3-6-12-19)20-13-7-4-8-14-20/h3-16,18,22,25H,17H2,1-2H3,(H,27,30). The van der Waals surface area contributed by atoms with Crippen LogP contribution in [0, 0.1) is 10.1 Å². The first kappa shape index (κ1) is 23.7. The largest absolute Gasteiger partial charge is 0.463 e. The number of rotatable bonds is 9. The molecule has 1 N–H and O–H groups in total. The molecule has 3 rings (SSSR count). The highest BCUT2D eigenvalue weighted by atomic mass is 16.6. The maximum atomic E-state index is 13.6. The Morgan fingerprint density at radius 2 is 1.39 bits per heavy atom. The van der Waals surface area contributed by atoms with Crippen LogP contribution in [0.15, 0.2) is 84.9 Å². The molecule has 1 atom stereocenters. The average molecular weight is 447 g/mol. The summed E-state index contributed by atoms with van der Waals surface area (Å²) in [7, 11) is 0. The quantitative estimate of drug-likeness (QED) is 0.286. The fourth-order valence-electron chi connectivity index (χ4n) is 3.71. The summed E-state index contributed by atoms with van der Waals surface area (Å²) in [5.41, 5.74) is 1.62. The topological polar surface area (TPSA) is 98.5 Å². The molecule has 170 valence electrons. The van der Waals surface area contributed by atoms with Crippen molar-refractivity contribution in [3.63, 3.8) is 0 Å². The summed E-state index contributed by atoms with van der Waals surface area (Å²) < 4.78 is 5.25. The van der Waals surface area contributed by atoms with Crippen molar-refractivity contribution in [3.05, 3.63) is 112 Å². The molecule has 0 heterocycles. The number of hydrogen-bond donors (Lipinski definition) is 1. The van der Waals surface area contributed by atoms with Gasteiger partial charge < -0.3 is 10.1 Å². The van der Waals surface area contributed by atoms with Gasteiger partial charge in [-0.3, -0.25) is 19.7 Å². The van der Waals surface area contributed by atoms with Gasteiger partial charge in [0.05, 0.1) is 35.0 Å². The second kappa shape index (κ2) is 11.0. The van der Waals surface area contributed by atoms with Crippen molar-refractivity contribution in [2.24, 2.45) is 0 Å². The zero-order valence-electron chi connectivity index (χ0n) is 18.5. The number of para-hydroxylation sites is 1. The molecule has 0 saturated carbocycles. The van der Waals surface area contributed by atoms with Crippen LogP contribution in [0.4, 0.5) is 5.69 Å². The maximum Gasteiger partial charge on any atom is 0.308 e. The molecule has 0 radical (unpaired) electrons. The highest BCUT2D eigenvalue weighted by Crippen LogP contribution is 2.30. The SMILES string of the molecule is CC(C)OC(=O)CC(NC(=O)C(c1ccccc1)c1ccccc1)c1ccccc1[N+](=O)[O-]. The smallest absolute Gasteiger partial charge is 0.308 e. The van der Waals surface area contributed by atoms with Crippen molar-refractivity contribution < 1.29 is 19.2 Å². The summed E-state index contributed by atoms with van der Waals surface area (Å²) in [5.74, 6) is -1.57. The number of carbonyl (C=O) groups excluding carboxylic acids is 2. The van der Waals surface area contributed by atoms with Crippen molar-refractivity contribution >= 4 is 17.6 Å². The number of benzene rings is 3. The molecule has 7 heteroatoms. The van der Waals surface area contributed by atoms with Crippen LogP contribution < -0.4 is 5.32 Å². The number of ether oxygens (including phenoxy) is 1. The van der Waals surface area contributed by atoms with Crippen molar-refractivity contribution in [3.8, 4) is 0 Å². The summed E-state index contributed by atoms with van der Waals surface area (Å²) >= 11 is 0. The molecule has 1 unspecified atom stereocenters. The molecule has 0 aliphatic rings. The van der Waals surface area contributed by atoms with Crippen LogP contribution in [0.25, 0.3) is 0 Å². The zero-order valence-corrected chi connectivity index (χ0v) is 18.5. The molecule has 0 fully saturated rings. The number of nitro groups is 1. The first-order valence-electron chi connectivity index (χ1n) is 10.7. The monoisotopic (exact) mass is 446 g/mol. The van der Waals surface area contributed by atoms with Crippen molar-refractivity contribution in [1.82, 2.24) is 5.32 Å². The van der Waals surface area contributed by atoms with Gasteiger partial charge in [-0.05, 0) is 25.0 Å². The van der Waals surface area contributed by atoms with Crippen LogP contribution in [0.5, 0.6) is 0 Å². The number of nitrogens with zero attached hydrogens (tertiary/aromatic N) is 1. The molecule has 0 aliphatic heterocycles. The first-order valence-corrected chi connectivity index (χ1v) is 10.7. The van der Waals surface area contributed by atoms with E-state index >= 15 is 0 Å². The average Bonchev–Trinajstić information content (AvgIpc) is 2.79. The Bertz CT molecular complexity index is 1060. The summed E-state index contributed by atoms with van der Waals surface area (Å²) in [5, 5.41) is 14.5. The predicted octanol–water partition coefficient (Wildman–Crippen LogP) is 4.93. The maximum absolute atomic E-state index is 13.6. The van der Waals surface area contributed by atoms with E-state index in [1.165, 1.54) is 6.07 Å². The van der Waals surface area contributed by atoms with E-state index in [4.69, 9.17) is 4.74 Å². The minimum absolute atomic E-state index is 0.170. The van der Waals surface area contributed by atoms with E-state index in [9.17, 15) is 19.7 Å². The van der Waals surface area contributed by atoms with Gasteiger partial charge in [-0.25, -0.2) is 0 Å². The van der Waals surface area contributed by atoms with Crippen LogP contribution in [0.2, 0.25) is 0 Å². The van der Waals surface area contributed by atoms with Crippen LogP contribution in [0.1, 0.15) is 48.9 Å². The molecule has 7 nitrogen and oxygen atoms in total. The molecule has 33 heavy (non-hydrogen) atoms. The van der Waals surface area contributed by atoms with E-state index < -0.39 is 22.9 Å². The Morgan fingerprint density at radius 3 is 1.91 bits per heavy atom. The normalized spacial score (nSPS) is 11.8. The molecule has 0 saturated heterocycles. The molecular formula is C26H26N2O5. The highest BCUT2D eigenvalue weighted by Gasteiger charge is 2.30. The van der Waals surface area contributed by atoms with Gasteiger partial charge >= 0.3 is 5.97 Å². The van der Waals surface area contributed by atoms with Gasteiger partial charge in [0.25, 0.3) is 5.69 Å². The van der Waals surface area contributed by atoms with E-state index in [0.29, 0.717) is 0 Å². The lowest BCUT2D eigenvalue weighted by Crippen LogP contribution is -2.35. The molecule has 0 aromatic heterocycles. The Balaban J connectivity index is 1.99. The second-order valence-corrected chi connectivity index (χ2v) is 7.87. The minimum Gasteiger partial charge on any atom is -0.463 e.